The maximum absolute atomic E-state index is 12.5. The molecule has 2 N–H and O–H groups in total. The van der Waals surface area contributed by atoms with Crippen molar-refractivity contribution in [1.29, 1.82) is 0 Å². The number of rotatable bonds is 5. The van der Waals surface area contributed by atoms with Crippen LogP contribution < -0.4 is 5.32 Å². The molecule has 1 aromatic rings. The quantitative estimate of drug-likeness (QED) is 0.726. The van der Waals surface area contributed by atoms with Crippen LogP contribution in [0.25, 0.3) is 5.57 Å². The normalized spacial score (nSPS) is 16.7. The number of nitrogens with one attached hydrogen (secondary N) is 1. The Labute approximate surface area is 168 Å². The number of halogens is 2. The molecule has 1 atom stereocenters. The van der Waals surface area contributed by atoms with E-state index in [1.807, 2.05) is 0 Å². The smallest absolute Gasteiger partial charge is 0.325 e. The van der Waals surface area contributed by atoms with Crippen LogP contribution in [0, 0.1) is 5.92 Å². The summed E-state index contributed by atoms with van der Waals surface area (Å²) in [5.41, 5.74) is 1.41. The van der Waals surface area contributed by atoms with E-state index in [9.17, 15) is 14.4 Å². The number of carbonyl (C=O) groups excluding carboxylic acids is 2. The zero-order chi connectivity index (χ0) is 20.1. The predicted molar refractivity (Wildman–Crippen MR) is 105 cm³/mol. The zero-order valence-electron chi connectivity index (χ0n) is 15.2. The van der Waals surface area contributed by atoms with E-state index in [1.54, 1.807) is 30.0 Å². The molecule has 2 rings (SSSR count). The average molecular weight is 413 g/mol. The van der Waals surface area contributed by atoms with E-state index < -0.39 is 12.0 Å². The number of aliphatic carboxylic acids is 1. The fourth-order valence-corrected chi connectivity index (χ4v) is 3.37. The highest BCUT2D eigenvalue weighted by Crippen LogP contribution is 2.30. The molecule has 0 saturated carbocycles. The number of hydrogen-bond donors (Lipinski definition) is 2. The van der Waals surface area contributed by atoms with Crippen LogP contribution in [-0.4, -0.2) is 46.9 Å². The van der Waals surface area contributed by atoms with Crippen molar-refractivity contribution in [1.82, 2.24) is 10.2 Å². The highest BCUT2D eigenvalue weighted by atomic mass is 35.5. The summed E-state index contributed by atoms with van der Waals surface area (Å²) in [7, 11) is 0. The Morgan fingerprint density at radius 1 is 1.26 bits per heavy atom. The standard InChI is InChI=1S/C19H22Cl2N2O4/c1-11(14-4-3-5-15(20)17(14)21)10-16(24)23-8-6-13(7-9-23)18(25)22-12(2)19(26)27/h3-5,10,12-13H,6-9H2,1-2H3,(H,22,25)(H,26,27)/t12-/m0/s1. The number of carbonyl (C=O) groups is 3. The molecule has 1 heterocycles. The first-order chi connectivity index (χ1) is 12.7. The van der Waals surface area contributed by atoms with Crippen LogP contribution >= 0.6 is 23.2 Å². The highest BCUT2D eigenvalue weighted by molar-refractivity contribution is 6.43. The fraction of sp³-hybridized carbons (Fsp3) is 0.421. The maximum Gasteiger partial charge on any atom is 0.325 e. The minimum absolute atomic E-state index is 0.152. The van der Waals surface area contributed by atoms with Crippen LogP contribution in [0.3, 0.4) is 0 Å². The minimum Gasteiger partial charge on any atom is -0.480 e. The third-order valence-electron chi connectivity index (χ3n) is 4.62. The Hall–Kier alpha value is -2.05. The summed E-state index contributed by atoms with van der Waals surface area (Å²) < 4.78 is 0. The van der Waals surface area contributed by atoms with Gasteiger partial charge < -0.3 is 15.3 Å². The summed E-state index contributed by atoms with van der Waals surface area (Å²) in [6.45, 7) is 4.09. The van der Waals surface area contributed by atoms with E-state index in [-0.39, 0.29) is 17.7 Å². The van der Waals surface area contributed by atoms with Gasteiger partial charge in [0.25, 0.3) is 0 Å². The van der Waals surface area contributed by atoms with Crippen molar-refractivity contribution in [2.45, 2.75) is 32.7 Å². The molecule has 8 heteroatoms. The highest BCUT2D eigenvalue weighted by Gasteiger charge is 2.28. The molecular formula is C19H22Cl2N2O4. The second-order valence-corrected chi connectivity index (χ2v) is 7.38. The van der Waals surface area contributed by atoms with Crippen LogP contribution in [0.2, 0.25) is 10.0 Å². The van der Waals surface area contributed by atoms with E-state index in [2.05, 4.69) is 5.32 Å². The van der Waals surface area contributed by atoms with E-state index in [0.29, 0.717) is 47.1 Å². The largest absolute Gasteiger partial charge is 0.480 e. The summed E-state index contributed by atoms with van der Waals surface area (Å²) in [4.78, 5) is 37.1. The third-order valence-corrected chi connectivity index (χ3v) is 5.44. The zero-order valence-corrected chi connectivity index (χ0v) is 16.7. The van der Waals surface area contributed by atoms with Gasteiger partial charge in [0.05, 0.1) is 10.0 Å². The Balaban J connectivity index is 1.95. The first-order valence-electron chi connectivity index (χ1n) is 8.65. The second-order valence-electron chi connectivity index (χ2n) is 6.60. The lowest BCUT2D eigenvalue weighted by molar-refractivity contribution is -0.142. The summed E-state index contributed by atoms with van der Waals surface area (Å²) in [6.07, 6.45) is 2.51. The van der Waals surface area contributed by atoms with Crippen molar-refractivity contribution in [2.24, 2.45) is 5.92 Å². The lowest BCUT2D eigenvalue weighted by Crippen LogP contribution is -2.46. The molecule has 2 amide bonds. The lowest BCUT2D eigenvalue weighted by atomic mass is 9.95. The minimum atomic E-state index is -1.07. The van der Waals surface area contributed by atoms with E-state index >= 15 is 0 Å². The summed E-state index contributed by atoms with van der Waals surface area (Å²) in [6, 6.07) is 4.33. The number of carboxylic acids is 1. The molecule has 0 unspecified atom stereocenters. The molecule has 0 aromatic heterocycles. The number of hydrogen-bond acceptors (Lipinski definition) is 3. The second kappa shape index (κ2) is 9.24. The van der Waals surface area contributed by atoms with Gasteiger partial charge in [-0.3, -0.25) is 14.4 Å². The van der Waals surface area contributed by atoms with Gasteiger partial charge >= 0.3 is 5.97 Å². The third kappa shape index (κ3) is 5.47. The van der Waals surface area contributed by atoms with Gasteiger partial charge in [-0.15, -0.1) is 0 Å². The Morgan fingerprint density at radius 2 is 1.89 bits per heavy atom. The monoisotopic (exact) mass is 412 g/mol. The van der Waals surface area contributed by atoms with Crippen LogP contribution in [0.15, 0.2) is 24.3 Å². The molecule has 0 spiro atoms. The number of nitrogens with zero attached hydrogens (tertiary/aromatic N) is 1. The fourth-order valence-electron chi connectivity index (χ4n) is 2.92. The number of benzene rings is 1. The maximum atomic E-state index is 12.5. The number of likely N-dealkylation sites (tertiary alicyclic amines) is 1. The van der Waals surface area contributed by atoms with Crippen molar-refractivity contribution < 1.29 is 19.5 Å². The molecule has 0 radical (unpaired) electrons. The molecule has 1 aromatic carbocycles. The van der Waals surface area contributed by atoms with Crippen molar-refractivity contribution in [3.8, 4) is 0 Å². The first kappa shape index (κ1) is 21.3. The van der Waals surface area contributed by atoms with Crippen molar-refractivity contribution in [3.63, 3.8) is 0 Å². The van der Waals surface area contributed by atoms with Crippen molar-refractivity contribution in [3.05, 3.63) is 39.9 Å². The van der Waals surface area contributed by atoms with Gasteiger partial charge in [0.15, 0.2) is 0 Å². The van der Waals surface area contributed by atoms with Crippen molar-refractivity contribution in [2.75, 3.05) is 13.1 Å². The summed E-state index contributed by atoms with van der Waals surface area (Å²) >= 11 is 12.2. The summed E-state index contributed by atoms with van der Waals surface area (Å²) in [5.74, 6) is -1.80. The molecule has 1 aliphatic heterocycles. The molecule has 146 valence electrons. The van der Waals surface area contributed by atoms with Gasteiger partial charge in [0.2, 0.25) is 11.8 Å². The van der Waals surface area contributed by atoms with E-state index in [4.69, 9.17) is 28.3 Å². The van der Waals surface area contributed by atoms with Crippen molar-refractivity contribution >= 4 is 46.6 Å². The number of piperidine rings is 1. The Bertz CT molecular complexity index is 771. The SMILES string of the molecule is CC(=CC(=O)N1CCC(C(=O)N[C@@H](C)C(=O)O)CC1)c1cccc(Cl)c1Cl. The number of carboxylic acid groups (broad SMARTS) is 1. The summed E-state index contributed by atoms with van der Waals surface area (Å²) in [5, 5.41) is 12.2. The molecule has 1 fully saturated rings. The molecule has 6 nitrogen and oxygen atoms in total. The van der Waals surface area contributed by atoms with Gasteiger partial charge in [-0.05, 0) is 43.9 Å². The molecule has 0 aliphatic carbocycles. The number of amides is 2. The van der Waals surface area contributed by atoms with Crippen LogP contribution in [0.5, 0.6) is 0 Å². The Kier molecular flexibility index (Phi) is 7.27. The lowest BCUT2D eigenvalue weighted by Gasteiger charge is -2.31. The van der Waals surface area contributed by atoms with Crippen LogP contribution in [-0.2, 0) is 14.4 Å². The van der Waals surface area contributed by atoms with Gasteiger partial charge in [-0.25, -0.2) is 0 Å². The van der Waals surface area contributed by atoms with E-state index in [1.165, 1.54) is 13.0 Å². The van der Waals surface area contributed by atoms with Gasteiger partial charge in [-0.2, -0.15) is 0 Å². The van der Waals surface area contributed by atoms with Gasteiger partial charge in [0, 0.05) is 25.1 Å². The molecule has 27 heavy (non-hydrogen) atoms. The van der Waals surface area contributed by atoms with Gasteiger partial charge in [0.1, 0.15) is 6.04 Å². The molecule has 0 bridgehead atoms. The number of allylic oxidation sites excluding steroid dienone is 1. The molecule has 1 aliphatic rings. The van der Waals surface area contributed by atoms with Gasteiger partial charge in [-0.1, -0.05) is 35.3 Å². The topological polar surface area (TPSA) is 86.7 Å². The first-order valence-corrected chi connectivity index (χ1v) is 9.41. The Morgan fingerprint density at radius 3 is 2.48 bits per heavy atom. The van der Waals surface area contributed by atoms with Crippen LogP contribution in [0.4, 0.5) is 0 Å². The predicted octanol–water partition coefficient (Wildman–Crippen LogP) is 3.22. The molecular weight excluding hydrogens is 391 g/mol. The molecule has 1 saturated heterocycles. The van der Waals surface area contributed by atoms with E-state index in [0.717, 1.165) is 0 Å². The average Bonchev–Trinajstić information content (AvgIpc) is 2.63. The van der Waals surface area contributed by atoms with Crippen LogP contribution in [0.1, 0.15) is 32.3 Å².